The van der Waals surface area contributed by atoms with Crippen molar-refractivity contribution in [2.24, 2.45) is 0 Å². The van der Waals surface area contributed by atoms with Crippen LogP contribution in [0, 0.1) is 17.9 Å². The van der Waals surface area contributed by atoms with Gasteiger partial charge in [-0.05, 0) is 6.07 Å². The molecular weight excluding hydrogens is 397 g/mol. The van der Waals surface area contributed by atoms with E-state index < -0.39 is 23.9 Å². The third-order valence-electron chi connectivity index (χ3n) is 4.72. The lowest BCUT2D eigenvalue weighted by Crippen LogP contribution is -2.34. The molecule has 1 saturated heterocycles. The summed E-state index contributed by atoms with van der Waals surface area (Å²) in [5, 5.41) is 11.0. The predicted molar refractivity (Wildman–Crippen MR) is 102 cm³/mol. The van der Waals surface area contributed by atoms with Crippen molar-refractivity contribution in [2.45, 2.75) is 12.2 Å². The first kappa shape index (κ1) is 19.2. The van der Waals surface area contributed by atoms with Gasteiger partial charge in [0, 0.05) is 23.2 Å². The number of carbonyl (C=O) groups is 1. The Hall–Kier alpha value is -4.18. The number of amides is 2. The normalized spacial score (nSPS) is 16.6. The van der Waals surface area contributed by atoms with Crippen molar-refractivity contribution in [3.05, 3.63) is 66.0 Å². The highest BCUT2D eigenvalue weighted by Crippen LogP contribution is 2.39. The fourth-order valence-corrected chi connectivity index (χ4v) is 3.35. The quantitative estimate of drug-likeness (QED) is 0.584. The van der Waals surface area contributed by atoms with Crippen LogP contribution in [0.25, 0.3) is 15.6 Å². The zero-order chi connectivity index (χ0) is 21.5. The first-order chi connectivity index (χ1) is 14.3. The summed E-state index contributed by atoms with van der Waals surface area (Å²) >= 11 is 0. The molecule has 7 nitrogen and oxygen atoms in total. The van der Waals surface area contributed by atoms with E-state index in [4.69, 9.17) is 6.57 Å². The molecule has 0 unspecified atom stereocenters. The van der Waals surface area contributed by atoms with Crippen LogP contribution in [-0.4, -0.2) is 28.6 Å². The van der Waals surface area contributed by atoms with Crippen LogP contribution in [0.3, 0.4) is 0 Å². The minimum Gasteiger partial charge on any atom is -0.300 e. The Balaban J connectivity index is 1.84. The highest BCUT2D eigenvalue weighted by atomic mass is 19.4. The van der Waals surface area contributed by atoms with Crippen molar-refractivity contribution in [3.8, 4) is 6.07 Å². The lowest BCUT2D eigenvalue weighted by Gasteiger charge is -2.22. The second-order valence-electron chi connectivity index (χ2n) is 6.46. The maximum Gasteiger partial charge on any atom is 0.433 e. The zero-order valence-electron chi connectivity index (χ0n) is 15.1. The van der Waals surface area contributed by atoms with Crippen molar-refractivity contribution in [2.75, 3.05) is 16.3 Å². The van der Waals surface area contributed by atoms with Crippen LogP contribution in [0.4, 0.5) is 35.0 Å². The van der Waals surface area contributed by atoms with E-state index in [-0.39, 0.29) is 17.9 Å². The molecule has 3 heterocycles. The molecule has 1 fully saturated rings. The molecule has 0 bridgehead atoms. The van der Waals surface area contributed by atoms with Crippen molar-refractivity contribution < 1.29 is 18.0 Å². The molecule has 10 heteroatoms. The number of fused-ring (bicyclic) bond motifs is 1. The van der Waals surface area contributed by atoms with Gasteiger partial charge in [0.15, 0.2) is 0 Å². The van der Waals surface area contributed by atoms with E-state index in [9.17, 15) is 23.2 Å². The van der Waals surface area contributed by atoms with Crippen LogP contribution in [-0.2, 0) is 6.18 Å². The fourth-order valence-electron chi connectivity index (χ4n) is 3.35. The number of alkyl halides is 3. The van der Waals surface area contributed by atoms with Crippen molar-refractivity contribution >= 4 is 33.9 Å². The van der Waals surface area contributed by atoms with Gasteiger partial charge in [-0.15, -0.1) is 0 Å². The second kappa shape index (κ2) is 7.01. The van der Waals surface area contributed by atoms with Crippen molar-refractivity contribution in [1.29, 1.82) is 5.26 Å². The molecular formula is C20H11F3N6O. The summed E-state index contributed by atoms with van der Waals surface area (Å²) in [6, 6.07) is 8.08. The second-order valence-corrected chi connectivity index (χ2v) is 6.46. The zero-order valence-corrected chi connectivity index (χ0v) is 15.1. The summed E-state index contributed by atoms with van der Waals surface area (Å²) < 4.78 is 39.4. The Morgan fingerprint density at radius 2 is 1.97 bits per heavy atom. The van der Waals surface area contributed by atoms with Crippen LogP contribution in [0.1, 0.15) is 5.69 Å². The summed E-state index contributed by atoms with van der Waals surface area (Å²) in [5.41, 5.74) is -1.32. The molecule has 2 amide bonds. The first-order valence-corrected chi connectivity index (χ1v) is 8.63. The van der Waals surface area contributed by atoms with E-state index >= 15 is 0 Å². The number of nitriles is 1. The minimum atomic E-state index is -4.74. The Kier molecular flexibility index (Phi) is 4.47. The number of hydrogen-bond donors (Lipinski definition) is 0. The lowest BCUT2D eigenvalue weighted by atomic mass is 10.1. The highest BCUT2D eigenvalue weighted by molar-refractivity contribution is 6.12. The fraction of sp³-hybridized carbons (Fsp3) is 0.150. The largest absolute Gasteiger partial charge is 0.433 e. The van der Waals surface area contributed by atoms with Gasteiger partial charge >= 0.3 is 12.2 Å². The van der Waals surface area contributed by atoms with E-state index in [0.717, 1.165) is 16.5 Å². The molecule has 1 aromatic carbocycles. The molecule has 3 aromatic rings. The van der Waals surface area contributed by atoms with E-state index in [2.05, 4.69) is 14.8 Å². The lowest BCUT2D eigenvalue weighted by molar-refractivity contribution is -0.141. The minimum absolute atomic E-state index is 0.206. The predicted octanol–water partition coefficient (Wildman–Crippen LogP) is 4.54. The number of halogens is 3. The van der Waals surface area contributed by atoms with Gasteiger partial charge in [0.2, 0.25) is 5.69 Å². The molecule has 0 radical (unpaired) electrons. The molecule has 1 aliphatic heterocycles. The first-order valence-electron chi connectivity index (χ1n) is 8.63. The summed E-state index contributed by atoms with van der Waals surface area (Å²) in [4.78, 5) is 26.0. The Bertz CT molecular complexity index is 1240. The van der Waals surface area contributed by atoms with Gasteiger partial charge in [0.25, 0.3) is 0 Å². The van der Waals surface area contributed by atoms with Crippen LogP contribution in [0.15, 0.2) is 48.9 Å². The molecule has 2 aromatic heterocycles. The number of benzene rings is 1. The van der Waals surface area contributed by atoms with Gasteiger partial charge in [0.1, 0.15) is 11.7 Å². The number of pyridine rings is 2. The van der Waals surface area contributed by atoms with Gasteiger partial charge in [-0.2, -0.15) is 18.4 Å². The summed E-state index contributed by atoms with van der Waals surface area (Å²) in [6.07, 6.45) is -0.931. The number of aromatic nitrogens is 2. The maximum absolute atomic E-state index is 13.2. The molecule has 1 atom stereocenters. The molecule has 0 saturated carbocycles. The molecule has 0 aliphatic carbocycles. The van der Waals surface area contributed by atoms with Gasteiger partial charge in [0.05, 0.1) is 36.8 Å². The third kappa shape index (κ3) is 3.05. The topological polar surface area (TPSA) is 77.5 Å². The van der Waals surface area contributed by atoms with Crippen LogP contribution < -0.4 is 9.80 Å². The van der Waals surface area contributed by atoms with E-state index in [1.165, 1.54) is 11.1 Å². The Morgan fingerprint density at radius 1 is 1.20 bits per heavy atom. The van der Waals surface area contributed by atoms with Crippen LogP contribution in [0.2, 0.25) is 0 Å². The van der Waals surface area contributed by atoms with Gasteiger partial charge < -0.3 is 4.90 Å². The Labute approximate surface area is 168 Å². The van der Waals surface area contributed by atoms with E-state index in [0.29, 0.717) is 17.1 Å². The smallest absolute Gasteiger partial charge is 0.300 e. The van der Waals surface area contributed by atoms with Crippen LogP contribution in [0.5, 0.6) is 0 Å². The SMILES string of the molecule is [C-]#[N+]c1cnc(C(F)(F)F)cc1N1C[C@@H](C#N)N(c2cncc3ccccc23)C1=O. The number of carbonyl (C=O) groups excluding carboxylic acids is 1. The number of nitrogens with zero attached hydrogens (tertiary/aromatic N) is 6. The number of anilines is 2. The maximum atomic E-state index is 13.2. The monoisotopic (exact) mass is 408 g/mol. The molecule has 30 heavy (non-hydrogen) atoms. The average Bonchev–Trinajstić information content (AvgIpc) is 3.08. The standard InChI is InChI=1S/C20H11F3N6O/c1-25-15-9-27-18(20(21,22)23)6-16(15)28-11-13(7-24)29(19(28)30)17-10-26-8-12-4-2-3-5-14(12)17/h2-6,8-10,13H,11H2/t13-/m1/s1. The molecule has 4 rings (SSSR count). The molecule has 1 aliphatic rings. The third-order valence-corrected chi connectivity index (χ3v) is 4.72. The van der Waals surface area contributed by atoms with Gasteiger partial charge in [-0.25, -0.2) is 9.64 Å². The van der Waals surface area contributed by atoms with E-state index in [1.807, 2.05) is 6.07 Å². The number of rotatable bonds is 2. The van der Waals surface area contributed by atoms with Crippen LogP contribution >= 0.6 is 0 Å². The van der Waals surface area contributed by atoms with Gasteiger partial charge in [-0.1, -0.05) is 24.3 Å². The summed E-state index contributed by atoms with van der Waals surface area (Å²) in [7, 11) is 0. The molecule has 0 N–H and O–H groups in total. The van der Waals surface area contributed by atoms with Crippen molar-refractivity contribution in [3.63, 3.8) is 0 Å². The Morgan fingerprint density at radius 3 is 2.67 bits per heavy atom. The average molecular weight is 408 g/mol. The number of hydrogen-bond acceptors (Lipinski definition) is 4. The van der Waals surface area contributed by atoms with Gasteiger partial charge in [-0.3, -0.25) is 14.9 Å². The highest BCUT2D eigenvalue weighted by Gasteiger charge is 2.42. The number of urea groups is 1. The summed E-state index contributed by atoms with van der Waals surface area (Å²) in [6.45, 7) is 7.03. The van der Waals surface area contributed by atoms with E-state index in [1.54, 1.807) is 30.5 Å². The van der Waals surface area contributed by atoms with Crippen molar-refractivity contribution in [1.82, 2.24) is 9.97 Å². The molecule has 148 valence electrons. The summed E-state index contributed by atoms with van der Waals surface area (Å²) in [5.74, 6) is 0. The molecule has 0 spiro atoms.